The quantitative estimate of drug-likeness (QED) is 0.860. The molecule has 1 aromatic carbocycles. The van der Waals surface area contributed by atoms with Crippen molar-refractivity contribution in [2.24, 2.45) is 0 Å². The number of methoxy groups -OCH3 is 1. The molecule has 100 valence electrons. The van der Waals surface area contributed by atoms with Gasteiger partial charge in [0.05, 0.1) is 12.2 Å². The summed E-state index contributed by atoms with van der Waals surface area (Å²) >= 11 is 0. The molecule has 1 N–H and O–H groups in total. The van der Waals surface area contributed by atoms with Crippen LogP contribution in [0.4, 0.5) is 8.78 Å². The Morgan fingerprint density at radius 2 is 2.16 bits per heavy atom. The van der Waals surface area contributed by atoms with Gasteiger partial charge in [0.15, 0.2) is 5.82 Å². The summed E-state index contributed by atoms with van der Waals surface area (Å²) in [5.74, 6) is -1.82. The molecule has 2 aromatic rings. The maximum Gasteiger partial charge on any atom is 0.252 e. The lowest BCUT2D eigenvalue weighted by molar-refractivity contribution is 0.0937. The molecule has 0 atom stereocenters. The average molecular weight is 266 g/mol. The van der Waals surface area contributed by atoms with E-state index in [9.17, 15) is 13.6 Å². The predicted octanol–water partition coefficient (Wildman–Crippen LogP) is 1.89. The van der Waals surface area contributed by atoms with Crippen LogP contribution in [0.2, 0.25) is 0 Å². The molecule has 19 heavy (non-hydrogen) atoms. The minimum atomic E-state index is -0.749. The van der Waals surface area contributed by atoms with E-state index in [-0.39, 0.29) is 22.4 Å². The van der Waals surface area contributed by atoms with Crippen molar-refractivity contribution >= 4 is 16.8 Å². The van der Waals surface area contributed by atoms with Crippen molar-refractivity contribution < 1.29 is 18.3 Å². The van der Waals surface area contributed by atoms with E-state index in [1.54, 1.807) is 0 Å². The number of halogens is 2. The van der Waals surface area contributed by atoms with Crippen molar-refractivity contribution in [3.8, 4) is 0 Å². The smallest absolute Gasteiger partial charge is 0.252 e. The van der Waals surface area contributed by atoms with Gasteiger partial charge in [0.25, 0.3) is 5.91 Å². The van der Waals surface area contributed by atoms with E-state index in [0.29, 0.717) is 13.2 Å². The third-order valence-corrected chi connectivity index (χ3v) is 2.56. The van der Waals surface area contributed by atoms with Crippen LogP contribution in [0, 0.1) is 11.6 Å². The summed E-state index contributed by atoms with van der Waals surface area (Å²) in [4.78, 5) is 15.6. The summed E-state index contributed by atoms with van der Waals surface area (Å²) in [7, 11) is 1.52. The molecule has 0 unspecified atom stereocenters. The maximum absolute atomic E-state index is 13.4. The Morgan fingerprint density at radius 3 is 2.89 bits per heavy atom. The van der Waals surface area contributed by atoms with Crippen LogP contribution in [0.25, 0.3) is 10.9 Å². The summed E-state index contributed by atoms with van der Waals surface area (Å²) in [5, 5.41) is 2.85. The Balaban J connectivity index is 2.28. The number of fused-ring (bicyclic) bond motifs is 1. The number of carbonyl (C=O) groups is 1. The van der Waals surface area contributed by atoms with Gasteiger partial charge in [-0.1, -0.05) is 0 Å². The highest BCUT2D eigenvalue weighted by Crippen LogP contribution is 2.18. The van der Waals surface area contributed by atoms with E-state index in [0.717, 1.165) is 12.1 Å². The van der Waals surface area contributed by atoms with Crippen molar-refractivity contribution in [2.45, 2.75) is 0 Å². The first-order valence-corrected chi connectivity index (χ1v) is 5.64. The van der Waals surface area contributed by atoms with Gasteiger partial charge in [0.1, 0.15) is 11.3 Å². The highest BCUT2D eigenvalue weighted by molar-refractivity contribution is 5.97. The molecule has 0 aliphatic carbocycles. The van der Waals surface area contributed by atoms with Crippen molar-refractivity contribution in [3.63, 3.8) is 0 Å². The van der Waals surface area contributed by atoms with Gasteiger partial charge in [-0.25, -0.2) is 8.78 Å². The van der Waals surface area contributed by atoms with E-state index in [1.807, 2.05) is 0 Å². The normalized spacial score (nSPS) is 10.7. The fourth-order valence-corrected chi connectivity index (χ4v) is 1.66. The summed E-state index contributed by atoms with van der Waals surface area (Å²) in [6, 6.07) is 3.29. The Bertz CT molecular complexity index is 617. The summed E-state index contributed by atoms with van der Waals surface area (Å²) in [6.45, 7) is 0.737. The lowest BCUT2D eigenvalue weighted by Crippen LogP contribution is -2.27. The van der Waals surface area contributed by atoms with E-state index in [1.165, 1.54) is 19.4 Å². The largest absolute Gasteiger partial charge is 0.383 e. The summed E-state index contributed by atoms with van der Waals surface area (Å²) in [6.07, 6.45) is 1.26. The zero-order chi connectivity index (χ0) is 13.8. The second kappa shape index (κ2) is 5.71. The Kier molecular flexibility index (Phi) is 4.01. The van der Waals surface area contributed by atoms with E-state index < -0.39 is 11.6 Å². The number of ether oxygens (including phenoxy) is 1. The fourth-order valence-electron chi connectivity index (χ4n) is 1.66. The number of amides is 1. The van der Waals surface area contributed by atoms with Gasteiger partial charge < -0.3 is 10.1 Å². The minimum Gasteiger partial charge on any atom is -0.383 e. The third-order valence-electron chi connectivity index (χ3n) is 2.56. The zero-order valence-electron chi connectivity index (χ0n) is 10.2. The number of benzene rings is 1. The van der Waals surface area contributed by atoms with Crippen LogP contribution in [0.3, 0.4) is 0 Å². The lowest BCUT2D eigenvalue weighted by Gasteiger charge is -2.05. The molecule has 0 aliphatic heterocycles. The molecule has 1 aromatic heterocycles. The molecular weight excluding hydrogens is 254 g/mol. The molecule has 0 spiro atoms. The van der Waals surface area contributed by atoms with Gasteiger partial charge in [-0.05, 0) is 12.1 Å². The predicted molar refractivity (Wildman–Crippen MR) is 65.9 cm³/mol. The lowest BCUT2D eigenvalue weighted by atomic mass is 10.1. The number of hydrogen-bond acceptors (Lipinski definition) is 3. The van der Waals surface area contributed by atoms with Crippen LogP contribution in [0.5, 0.6) is 0 Å². The molecule has 0 radical (unpaired) electrons. The monoisotopic (exact) mass is 266 g/mol. The second-order valence-corrected chi connectivity index (χ2v) is 3.93. The zero-order valence-corrected chi connectivity index (χ0v) is 10.2. The molecule has 0 bridgehead atoms. The molecule has 2 rings (SSSR count). The van der Waals surface area contributed by atoms with Crippen LogP contribution >= 0.6 is 0 Å². The van der Waals surface area contributed by atoms with Gasteiger partial charge in [-0.3, -0.25) is 9.78 Å². The number of nitrogens with zero attached hydrogens (tertiary/aromatic N) is 1. The first-order valence-electron chi connectivity index (χ1n) is 5.64. The highest BCUT2D eigenvalue weighted by Gasteiger charge is 2.10. The first-order chi connectivity index (χ1) is 9.11. The van der Waals surface area contributed by atoms with Crippen LogP contribution in [-0.4, -0.2) is 31.2 Å². The number of pyridine rings is 1. The van der Waals surface area contributed by atoms with Crippen molar-refractivity contribution in [2.75, 3.05) is 20.3 Å². The second-order valence-electron chi connectivity index (χ2n) is 3.93. The number of nitrogens with one attached hydrogen (secondary N) is 1. The number of rotatable bonds is 4. The van der Waals surface area contributed by atoms with Crippen molar-refractivity contribution in [1.29, 1.82) is 0 Å². The van der Waals surface area contributed by atoms with Gasteiger partial charge >= 0.3 is 0 Å². The van der Waals surface area contributed by atoms with Gasteiger partial charge in [-0.2, -0.15) is 0 Å². The molecule has 1 amide bonds. The number of aromatic nitrogens is 1. The Labute approximate surface area is 108 Å². The Hall–Kier alpha value is -2.08. The topological polar surface area (TPSA) is 51.2 Å². The first kappa shape index (κ1) is 13.4. The summed E-state index contributed by atoms with van der Waals surface area (Å²) in [5.41, 5.74) is 0.281. The van der Waals surface area contributed by atoms with Crippen LogP contribution in [-0.2, 0) is 4.74 Å². The van der Waals surface area contributed by atoms with Crippen molar-refractivity contribution in [1.82, 2.24) is 10.3 Å². The van der Waals surface area contributed by atoms with Crippen LogP contribution in [0.1, 0.15) is 10.4 Å². The van der Waals surface area contributed by atoms with Crippen molar-refractivity contribution in [3.05, 3.63) is 41.6 Å². The molecule has 0 aliphatic rings. The fraction of sp³-hybridized carbons (Fsp3) is 0.231. The van der Waals surface area contributed by atoms with Gasteiger partial charge in [0.2, 0.25) is 0 Å². The standard InChI is InChI=1S/C13H12F2N2O2/c1-19-3-2-16-13(18)9-4-8-5-10(14)6-11(15)12(8)17-7-9/h4-7H,2-3H2,1H3,(H,16,18). The Morgan fingerprint density at radius 1 is 1.37 bits per heavy atom. The number of carbonyl (C=O) groups excluding carboxylic acids is 1. The average Bonchev–Trinajstić information content (AvgIpc) is 2.38. The van der Waals surface area contributed by atoms with Crippen LogP contribution in [0.15, 0.2) is 24.4 Å². The molecule has 0 saturated heterocycles. The van der Waals surface area contributed by atoms with E-state index in [4.69, 9.17) is 4.74 Å². The molecule has 4 nitrogen and oxygen atoms in total. The summed E-state index contributed by atoms with van der Waals surface area (Å²) < 4.78 is 31.3. The highest BCUT2D eigenvalue weighted by atomic mass is 19.1. The van der Waals surface area contributed by atoms with Gasteiger partial charge in [-0.15, -0.1) is 0 Å². The maximum atomic E-state index is 13.4. The molecule has 0 fully saturated rings. The molecule has 6 heteroatoms. The molecule has 0 saturated carbocycles. The SMILES string of the molecule is COCCNC(=O)c1cnc2c(F)cc(F)cc2c1. The van der Waals surface area contributed by atoms with Crippen LogP contribution < -0.4 is 5.32 Å². The van der Waals surface area contributed by atoms with E-state index >= 15 is 0 Å². The minimum absolute atomic E-state index is 0.0369. The number of hydrogen-bond donors (Lipinski definition) is 1. The third kappa shape index (κ3) is 3.03. The molecule has 1 heterocycles. The van der Waals surface area contributed by atoms with E-state index in [2.05, 4.69) is 10.3 Å². The van der Waals surface area contributed by atoms with Gasteiger partial charge in [0, 0.05) is 31.3 Å². The molecular formula is C13H12F2N2O2.